The van der Waals surface area contributed by atoms with Gasteiger partial charge in [-0.2, -0.15) is 0 Å². The number of benzene rings is 2. The number of rotatable bonds is 7. The summed E-state index contributed by atoms with van der Waals surface area (Å²) in [5.41, 5.74) is 0.161. The Bertz CT molecular complexity index is 1140. The summed E-state index contributed by atoms with van der Waals surface area (Å²) in [6.07, 6.45) is 1.47. The quantitative estimate of drug-likeness (QED) is 0.477. The summed E-state index contributed by atoms with van der Waals surface area (Å²) in [4.78, 5) is 15.3. The van der Waals surface area contributed by atoms with E-state index in [2.05, 4.69) is 9.72 Å². The van der Waals surface area contributed by atoms with E-state index in [1.54, 1.807) is 30.3 Å². The molecule has 156 valence electrons. The predicted molar refractivity (Wildman–Crippen MR) is 114 cm³/mol. The number of sulfonamides is 1. The number of nitrogens with zero attached hydrogens (tertiary/aromatic N) is 2. The van der Waals surface area contributed by atoms with E-state index in [9.17, 15) is 13.2 Å². The van der Waals surface area contributed by atoms with Gasteiger partial charge in [-0.3, -0.25) is 0 Å². The topological polar surface area (TPSA) is 85.8 Å². The molecule has 0 spiro atoms. The Morgan fingerprint density at radius 2 is 1.77 bits per heavy atom. The minimum atomic E-state index is -4.12. The maximum atomic E-state index is 13.5. The molecule has 0 atom stereocenters. The molecule has 0 radical (unpaired) electrons. The number of esters is 1. The largest absolute Gasteiger partial charge is 0.482 e. The zero-order valence-corrected chi connectivity index (χ0v) is 18.0. The van der Waals surface area contributed by atoms with E-state index < -0.39 is 16.0 Å². The van der Waals surface area contributed by atoms with Gasteiger partial charge in [-0.05, 0) is 48.5 Å². The van der Waals surface area contributed by atoms with Gasteiger partial charge in [0.05, 0.1) is 27.7 Å². The van der Waals surface area contributed by atoms with Crippen LogP contribution in [0.5, 0.6) is 5.75 Å². The summed E-state index contributed by atoms with van der Waals surface area (Å²) >= 11 is 12.4. The lowest BCUT2D eigenvalue weighted by atomic mass is 10.3. The fourth-order valence-corrected chi connectivity index (χ4v) is 4.40. The number of carbonyl (C=O) groups excluding carboxylic acids is 1. The lowest BCUT2D eigenvalue weighted by molar-refractivity contribution is -0.142. The first-order valence-corrected chi connectivity index (χ1v) is 10.7. The second kappa shape index (κ2) is 9.34. The molecule has 0 aliphatic rings. The molecule has 10 heteroatoms. The molecule has 0 aliphatic heterocycles. The molecule has 0 aliphatic carbocycles. The number of anilines is 2. The van der Waals surface area contributed by atoms with Gasteiger partial charge in [0.1, 0.15) is 11.6 Å². The summed E-state index contributed by atoms with van der Waals surface area (Å²) in [5, 5.41) is 0.281. The number of aromatic nitrogens is 1. The Morgan fingerprint density at radius 1 is 1.03 bits per heavy atom. The van der Waals surface area contributed by atoms with Crippen LogP contribution in [0.25, 0.3) is 0 Å². The Morgan fingerprint density at radius 3 is 2.40 bits per heavy atom. The molecule has 3 aromatic rings. The highest BCUT2D eigenvalue weighted by atomic mass is 35.5. The molecule has 3 rings (SSSR count). The number of methoxy groups -OCH3 is 1. The van der Waals surface area contributed by atoms with Crippen molar-refractivity contribution in [3.05, 3.63) is 76.9 Å². The molecule has 0 saturated heterocycles. The summed E-state index contributed by atoms with van der Waals surface area (Å²) in [5.74, 6) is -0.0965. The predicted octanol–water partition coefficient (Wildman–Crippen LogP) is 4.47. The van der Waals surface area contributed by atoms with Crippen LogP contribution >= 0.6 is 23.2 Å². The normalized spacial score (nSPS) is 11.0. The van der Waals surface area contributed by atoms with Gasteiger partial charge in [0.2, 0.25) is 0 Å². The van der Waals surface area contributed by atoms with Gasteiger partial charge in [0, 0.05) is 6.20 Å². The molecule has 0 saturated carbocycles. The van der Waals surface area contributed by atoms with Crippen molar-refractivity contribution in [2.24, 2.45) is 0 Å². The third kappa shape index (κ3) is 4.67. The van der Waals surface area contributed by atoms with E-state index in [1.807, 2.05) is 0 Å². The first kappa shape index (κ1) is 21.9. The van der Waals surface area contributed by atoms with Gasteiger partial charge in [-0.1, -0.05) is 35.3 Å². The van der Waals surface area contributed by atoms with Crippen molar-refractivity contribution in [1.82, 2.24) is 4.98 Å². The van der Waals surface area contributed by atoms with Gasteiger partial charge in [0.15, 0.2) is 6.61 Å². The third-order valence-electron chi connectivity index (χ3n) is 3.95. The van der Waals surface area contributed by atoms with Gasteiger partial charge >= 0.3 is 5.97 Å². The standard InChI is InChI=1S/C20H16Cl2N2O5S/c1-28-19(25)13-29-14-8-10-15(11-9-14)30(26,27)24(18-7-2-3-12-23-18)17-6-4-5-16(21)20(17)22/h2-12H,13H2,1H3. The fourth-order valence-electron chi connectivity index (χ4n) is 2.51. The van der Waals surface area contributed by atoms with Crippen molar-refractivity contribution < 1.29 is 22.7 Å². The fraction of sp³-hybridized carbons (Fsp3) is 0.100. The van der Waals surface area contributed by atoms with Crippen molar-refractivity contribution in [2.45, 2.75) is 4.90 Å². The first-order chi connectivity index (χ1) is 14.3. The molecular weight excluding hydrogens is 451 g/mol. The zero-order chi connectivity index (χ0) is 21.7. The number of carbonyl (C=O) groups is 1. The van der Waals surface area contributed by atoms with Crippen LogP contribution in [0.3, 0.4) is 0 Å². The lowest BCUT2D eigenvalue weighted by Crippen LogP contribution is -2.27. The third-order valence-corrected chi connectivity index (χ3v) is 6.49. The van der Waals surface area contributed by atoms with Crippen LogP contribution in [0.1, 0.15) is 0 Å². The summed E-state index contributed by atoms with van der Waals surface area (Å²) < 4.78 is 37.8. The zero-order valence-electron chi connectivity index (χ0n) is 15.7. The van der Waals surface area contributed by atoms with E-state index in [0.29, 0.717) is 5.75 Å². The van der Waals surface area contributed by atoms with Crippen LogP contribution in [-0.4, -0.2) is 33.1 Å². The van der Waals surface area contributed by atoms with Gasteiger partial charge in [0.25, 0.3) is 10.0 Å². The minimum absolute atomic E-state index is 0.0328. The molecule has 1 aromatic heterocycles. The van der Waals surface area contributed by atoms with E-state index >= 15 is 0 Å². The van der Waals surface area contributed by atoms with E-state index in [1.165, 1.54) is 43.6 Å². The maximum Gasteiger partial charge on any atom is 0.343 e. The van der Waals surface area contributed by atoms with Crippen molar-refractivity contribution in [3.8, 4) is 5.75 Å². The number of pyridine rings is 1. The van der Waals surface area contributed by atoms with Crippen LogP contribution < -0.4 is 9.04 Å². The van der Waals surface area contributed by atoms with Crippen LogP contribution in [0.2, 0.25) is 10.0 Å². The smallest absolute Gasteiger partial charge is 0.343 e. The first-order valence-electron chi connectivity index (χ1n) is 8.54. The van der Waals surface area contributed by atoms with Gasteiger partial charge < -0.3 is 9.47 Å². The van der Waals surface area contributed by atoms with Crippen molar-refractivity contribution in [2.75, 3.05) is 18.0 Å². The van der Waals surface area contributed by atoms with Gasteiger partial charge in [-0.25, -0.2) is 22.5 Å². The molecule has 7 nitrogen and oxygen atoms in total. The highest BCUT2D eigenvalue weighted by molar-refractivity contribution is 7.93. The average molecular weight is 467 g/mol. The molecule has 0 amide bonds. The Hall–Kier alpha value is -2.81. The molecule has 0 bridgehead atoms. The van der Waals surface area contributed by atoms with E-state index in [0.717, 1.165) is 4.31 Å². The van der Waals surface area contributed by atoms with Crippen molar-refractivity contribution >= 4 is 50.7 Å². The van der Waals surface area contributed by atoms with Crippen LogP contribution in [0.4, 0.5) is 11.5 Å². The Labute approximate surface area is 183 Å². The summed E-state index contributed by atoms with van der Waals surface area (Å²) in [6.45, 7) is -0.291. The summed E-state index contributed by atoms with van der Waals surface area (Å²) in [7, 11) is -2.87. The molecule has 2 aromatic carbocycles. The summed E-state index contributed by atoms with van der Waals surface area (Å²) in [6, 6.07) is 15.2. The number of halogens is 2. The van der Waals surface area contributed by atoms with Crippen LogP contribution in [0.15, 0.2) is 71.8 Å². The highest BCUT2D eigenvalue weighted by Crippen LogP contribution is 2.39. The number of hydrogen-bond acceptors (Lipinski definition) is 6. The molecule has 0 N–H and O–H groups in total. The highest BCUT2D eigenvalue weighted by Gasteiger charge is 2.30. The maximum absolute atomic E-state index is 13.5. The monoisotopic (exact) mass is 466 g/mol. The van der Waals surface area contributed by atoms with Gasteiger partial charge in [-0.15, -0.1) is 0 Å². The van der Waals surface area contributed by atoms with E-state index in [4.69, 9.17) is 27.9 Å². The SMILES string of the molecule is COC(=O)COc1ccc(S(=O)(=O)N(c2ccccn2)c2cccc(Cl)c2Cl)cc1. The number of ether oxygens (including phenoxy) is 2. The Balaban J connectivity index is 2.03. The van der Waals surface area contributed by atoms with Crippen molar-refractivity contribution in [3.63, 3.8) is 0 Å². The Kier molecular flexibility index (Phi) is 6.81. The van der Waals surface area contributed by atoms with E-state index in [-0.39, 0.29) is 33.1 Å². The van der Waals surface area contributed by atoms with Crippen molar-refractivity contribution in [1.29, 1.82) is 0 Å². The number of hydrogen-bond donors (Lipinski definition) is 0. The second-order valence-electron chi connectivity index (χ2n) is 5.87. The van der Waals surface area contributed by atoms with Crippen LogP contribution in [-0.2, 0) is 19.6 Å². The molecule has 0 unspecified atom stereocenters. The van der Waals surface area contributed by atoms with Crippen LogP contribution in [0, 0.1) is 0 Å². The molecule has 0 fully saturated rings. The average Bonchev–Trinajstić information content (AvgIpc) is 2.76. The molecular formula is C20H16Cl2N2O5S. The minimum Gasteiger partial charge on any atom is -0.482 e. The molecule has 1 heterocycles. The lowest BCUT2D eigenvalue weighted by Gasteiger charge is -2.24. The molecule has 30 heavy (non-hydrogen) atoms. The second-order valence-corrected chi connectivity index (χ2v) is 8.44.